The first kappa shape index (κ1) is 22.1. The van der Waals surface area contributed by atoms with Crippen molar-refractivity contribution in [2.45, 2.75) is 53.4 Å². The van der Waals surface area contributed by atoms with E-state index in [9.17, 15) is 4.79 Å². The molecule has 1 aliphatic heterocycles. The Morgan fingerprint density at radius 3 is 2.53 bits per heavy atom. The maximum atomic E-state index is 13.0. The third kappa shape index (κ3) is 4.40. The summed E-state index contributed by atoms with van der Waals surface area (Å²) in [5, 5.41) is 3.32. The van der Waals surface area contributed by atoms with Crippen LogP contribution in [0.3, 0.4) is 0 Å². The average molecular weight is 439 g/mol. The monoisotopic (exact) mass is 438 g/mol. The van der Waals surface area contributed by atoms with Crippen LogP contribution >= 0.6 is 0 Å². The van der Waals surface area contributed by atoms with Crippen molar-refractivity contribution in [2.24, 2.45) is 5.92 Å². The molecule has 32 heavy (non-hydrogen) atoms. The van der Waals surface area contributed by atoms with Crippen LogP contribution in [0.1, 0.15) is 33.5 Å². The second kappa shape index (κ2) is 9.15. The van der Waals surface area contributed by atoms with Gasteiger partial charge < -0.3 is 19.5 Å². The molecule has 1 saturated heterocycles. The van der Waals surface area contributed by atoms with Gasteiger partial charge in [0.05, 0.1) is 23.7 Å². The van der Waals surface area contributed by atoms with Crippen LogP contribution in [0, 0.1) is 12.8 Å². The number of hydrogen-bond donors (Lipinski definition) is 1. The third-order valence-electron chi connectivity index (χ3n) is 5.62. The van der Waals surface area contributed by atoms with Crippen molar-refractivity contribution in [3.8, 4) is 11.4 Å². The number of carbonyl (C=O) groups excluding carboxylic acids is 1. The predicted octanol–water partition coefficient (Wildman–Crippen LogP) is 2.30. The summed E-state index contributed by atoms with van der Waals surface area (Å²) >= 11 is 0. The van der Waals surface area contributed by atoms with Crippen LogP contribution in [0.2, 0.25) is 0 Å². The Kier molecular flexibility index (Phi) is 6.31. The first-order chi connectivity index (χ1) is 15.4. The molecule has 3 atom stereocenters. The number of anilines is 1. The normalized spacial score (nSPS) is 19.8. The number of nitrogens with zero attached hydrogens (tertiary/aromatic N) is 7. The molecule has 3 aromatic heterocycles. The van der Waals surface area contributed by atoms with Gasteiger partial charge in [-0.1, -0.05) is 6.92 Å². The van der Waals surface area contributed by atoms with Gasteiger partial charge in [-0.15, -0.1) is 0 Å². The molecule has 0 unspecified atom stereocenters. The topological polar surface area (TPSA) is 111 Å². The van der Waals surface area contributed by atoms with Gasteiger partial charge in [0.25, 0.3) is 0 Å². The summed E-state index contributed by atoms with van der Waals surface area (Å²) in [6.07, 6.45) is 5.15. The zero-order valence-corrected chi connectivity index (χ0v) is 19.2. The lowest BCUT2D eigenvalue weighted by molar-refractivity contribution is -0.146. The molecule has 0 spiro atoms. The van der Waals surface area contributed by atoms with Gasteiger partial charge in [0.2, 0.25) is 5.91 Å². The summed E-state index contributed by atoms with van der Waals surface area (Å²) < 4.78 is 7.76. The third-order valence-corrected chi connectivity index (χ3v) is 5.62. The number of aromatic nitrogens is 6. The van der Waals surface area contributed by atoms with Crippen LogP contribution in [0.25, 0.3) is 22.6 Å². The second-order valence-corrected chi connectivity index (χ2v) is 8.38. The molecule has 4 rings (SSSR count). The van der Waals surface area contributed by atoms with E-state index in [4.69, 9.17) is 9.72 Å². The lowest BCUT2D eigenvalue weighted by atomic mass is 10.1. The highest BCUT2D eigenvalue weighted by atomic mass is 16.5. The number of carbonyl (C=O) groups is 1. The molecule has 10 nitrogen and oxygen atoms in total. The Morgan fingerprint density at radius 1 is 1.19 bits per heavy atom. The van der Waals surface area contributed by atoms with Crippen LogP contribution in [0.4, 0.5) is 5.82 Å². The van der Waals surface area contributed by atoms with Crippen LogP contribution in [0.15, 0.2) is 18.7 Å². The smallest absolute Gasteiger partial charge is 0.227 e. The van der Waals surface area contributed by atoms with Crippen LogP contribution in [-0.4, -0.2) is 72.1 Å². The average Bonchev–Trinajstić information content (AvgIpc) is 3.16. The standard InChI is InChI=1S/C22H30N8O2/c1-6-30-20(17-8-23-16(5)24-9-17)28-18-19(26-12-27-21(18)30)25-7-13(2)22(31)29-10-14(3)32-15(4)11-29/h8-9,12-15H,6-7,10-11H2,1-5H3,(H,25,26,27)/t13-,14-,15+/m1/s1. The fourth-order valence-electron chi connectivity index (χ4n) is 4.10. The van der Waals surface area contributed by atoms with Crippen molar-refractivity contribution in [1.29, 1.82) is 0 Å². The van der Waals surface area contributed by atoms with Gasteiger partial charge >= 0.3 is 0 Å². The maximum absolute atomic E-state index is 13.0. The number of amides is 1. The van der Waals surface area contributed by atoms with E-state index in [1.807, 2.05) is 44.1 Å². The van der Waals surface area contributed by atoms with Crippen molar-refractivity contribution in [1.82, 2.24) is 34.4 Å². The Bertz CT molecular complexity index is 1090. The molecule has 1 amide bonds. The van der Waals surface area contributed by atoms with Crippen molar-refractivity contribution in [3.63, 3.8) is 0 Å². The summed E-state index contributed by atoms with van der Waals surface area (Å²) in [6, 6.07) is 0. The molecule has 3 aromatic rings. The van der Waals surface area contributed by atoms with E-state index in [1.54, 1.807) is 12.4 Å². The molecule has 0 bridgehead atoms. The largest absolute Gasteiger partial charge is 0.372 e. The number of nitrogens with one attached hydrogen (secondary N) is 1. The SMILES string of the molecule is CCn1c(-c2cnc(C)nc2)nc2c(NC[C@@H](C)C(=O)N3C[C@@H](C)O[C@@H](C)C3)ncnc21. The van der Waals surface area contributed by atoms with E-state index in [1.165, 1.54) is 6.33 Å². The number of rotatable bonds is 6. The van der Waals surface area contributed by atoms with Gasteiger partial charge in [0.1, 0.15) is 18.0 Å². The molecule has 0 saturated carbocycles. The second-order valence-electron chi connectivity index (χ2n) is 8.38. The first-order valence-corrected chi connectivity index (χ1v) is 11.1. The van der Waals surface area contributed by atoms with E-state index in [-0.39, 0.29) is 24.0 Å². The summed E-state index contributed by atoms with van der Waals surface area (Å²) in [5.74, 6) is 1.96. The molecule has 1 fully saturated rings. The van der Waals surface area contributed by atoms with Crippen molar-refractivity contribution in [2.75, 3.05) is 25.0 Å². The van der Waals surface area contributed by atoms with Crippen molar-refractivity contribution < 1.29 is 9.53 Å². The van der Waals surface area contributed by atoms with Gasteiger partial charge in [-0.2, -0.15) is 0 Å². The molecule has 0 aromatic carbocycles. The van der Waals surface area contributed by atoms with E-state index >= 15 is 0 Å². The first-order valence-electron chi connectivity index (χ1n) is 11.1. The highest BCUT2D eigenvalue weighted by molar-refractivity contribution is 5.86. The molecule has 10 heteroatoms. The summed E-state index contributed by atoms with van der Waals surface area (Å²) in [7, 11) is 0. The number of hydrogen-bond acceptors (Lipinski definition) is 8. The Morgan fingerprint density at radius 2 is 1.88 bits per heavy atom. The fraction of sp³-hybridized carbons (Fsp3) is 0.545. The van der Waals surface area contributed by atoms with E-state index < -0.39 is 0 Å². The number of fused-ring (bicyclic) bond motifs is 1. The van der Waals surface area contributed by atoms with Gasteiger partial charge in [0, 0.05) is 38.6 Å². The summed E-state index contributed by atoms with van der Waals surface area (Å²) in [6.45, 7) is 12.2. The minimum atomic E-state index is -0.212. The Balaban J connectivity index is 1.54. The lowest BCUT2D eigenvalue weighted by Crippen LogP contribution is -2.50. The van der Waals surface area contributed by atoms with Crippen molar-refractivity contribution in [3.05, 3.63) is 24.5 Å². The van der Waals surface area contributed by atoms with E-state index in [2.05, 4.69) is 25.3 Å². The summed E-state index contributed by atoms with van der Waals surface area (Å²) in [4.78, 5) is 37.1. The highest BCUT2D eigenvalue weighted by Gasteiger charge is 2.29. The minimum absolute atomic E-state index is 0.0477. The van der Waals surface area contributed by atoms with Gasteiger partial charge in [-0.05, 0) is 27.7 Å². The highest BCUT2D eigenvalue weighted by Crippen LogP contribution is 2.26. The molecule has 170 valence electrons. The Labute approximate surface area is 187 Å². The van der Waals surface area contributed by atoms with Gasteiger partial charge in [-0.25, -0.2) is 24.9 Å². The molecule has 1 N–H and O–H groups in total. The van der Waals surface area contributed by atoms with Crippen LogP contribution < -0.4 is 5.32 Å². The fourth-order valence-corrected chi connectivity index (χ4v) is 4.10. The van der Waals surface area contributed by atoms with Crippen LogP contribution in [-0.2, 0) is 16.1 Å². The van der Waals surface area contributed by atoms with Crippen LogP contribution in [0.5, 0.6) is 0 Å². The molecule has 0 aliphatic carbocycles. The number of aryl methyl sites for hydroxylation is 2. The quantitative estimate of drug-likeness (QED) is 0.624. The molecule has 4 heterocycles. The maximum Gasteiger partial charge on any atom is 0.227 e. The van der Waals surface area contributed by atoms with Gasteiger partial charge in [-0.3, -0.25) is 4.79 Å². The lowest BCUT2D eigenvalue weighted by Gasteiger charge is -2.36. The zero-order valence-electron chi connectivity index (χ0n) is 19.2. The molecular weight excluding hydrogens is 408 g/mol. The summed E-state index contributed by atoms with van der Waals surface area (Å²) in [5.41, 5.74) is 2.22. The number of ether oxygens (including phenoxy) is 1. The Hall–Kier alpha value is -3.14. The predicted molar refractivity (Wildman–Crippen MR) is 121 cm³/mol. The van der Waals surface area contributed by atoms with Gasteiger partial charge in [0.15, 0.2) is 17.0 Å². The van der Waals surface area contributed by atoms with E-state index in [0.717, 1.165) is 17.0 Å². The minimum Gasteiger partial charge on any atom is -0.372 e. The number of imidazole rings is 1. The zero-order chi connectivity index (χ0) is 22.8. The molecule has 1 aliphatic rings. The number of morpholine rings is 1. The van der Waals surface area contributed by atoms with Crippen molar-refractivity contribution >= 4 is 22.9 Å². The molecule has 0 radical (unpaired) electrons. The molecular formula is C22H30N8O2. The van der Waals surface area contributed by atoms with E-state index in [0.29, 0.717) is 43.3 Å².